The zero-order valence-corrected chi connectivity index (χ0v) is 18.6. The topological polar surface area (TPSA) is 84.7 Å². The number of anilines is 1. The van der Waals surface area contributed by atoms with Gasteiger partial charge in [-0.3, -0.25) is 4.79 Å². The van der Waals surface area contributed by atoms with Crippen LogP contribution >= 0.6 is 23.4 Å². The number of rotatable bonds is 9. The number of fused-ring (bicyclic) bond motifs is 1. The highest BCUT2D eigenvalue weighted by molar-refractivity contribution is 7.99. The summed E-state index contributed by atoms with van der Waals surface area (Å²) in [6, 6.07) is 4.59. The molecule has 0 saturated carbocycles. The van der Waals surface area contributed by atoms with E-state index in [-0.39, 0.29) is 29.0 Å². The minimum atomic E-state index is -0.487. The van der Waals surface area contributed by atoms with Crippen LogP contribution in [0.15, 0.2) is 29.6 Å². The Morgan fingerprint density at radius 1 is 1.33 bits per heavy atom. The van der Waals surface area contributed by atoms with Crippen molar-refractivity contribution in [3.63, 3.8) is 0 Å². The SMILES string of the molecule is CCSc1nc(NC(C)C)c2cnn(CCNC(=O)Cc3c(F)cccc3Cl)c2n1. The summed E-state index contributed by atoms with van der Waals surface area (Å²) in [5.41, 5.74) is 0.898. The molecule has 0 spiro atoms. The Kier molecular flexibility index (Phi) is 7.49. The molecule has 10 heteroatoms. The van der Waals surface area contributed by atoms with Crippen molar-refractivity contribution in [1.29, 1.82) is 0 Å². The van der Waals surface area contributed by atoms with Crippen LogP contribution in [0, 0.1) is 5.82 Å². The standard InChI is InChI=1S/C20H24ClFN6OS/c1-4-30-20-26-18(25-12(2)3)14-11-24-28(19(14)27-20)9-8-23-17(29)10-13-15(21)6-5-7-16(13)22/h5-7,11-12H,4,8-10H2,1-3H3,(H,23,29)(H,25,26,27). The lowest BCUT2D eigenvalue weighted by atomic mass is 10.1. The number of hydrogen-bond donors (Lipinski definition) is 2. The first kappa shape index (κ1) is 22.3. The van der Waals surface area contributed by atoms with Crippen molar-refractivity contribution in [3.05, 3.63) is 40.8 Å². The smallest absolute Gasteiger partial charge is 0.224 e. The molecule has 160 valence electrons. The number of amides is 1. The van der Waals surface area contributed by atoms with Gasteiger partial charge in [-0.25, -0.2) is 19.0 Å². The van der Waals surface area contributed by atoms with Gasteiger partial charge in [0.1, 0.15) is 11.6 Å². The molecule has 3 rings (SSSR count). The predicted molar refractivity (Wildman–Crippen MR) is 119 cm³/mol. The first-order valence-electron chi connectivity index (χ1n) is 9.71. The zero-order valence-electron chi connectivity index (χ0n) is 17.1. The number of carbonyl (C=O) groups excluding carboxylic acids is 1. The number of hydrogen-bond acceptors (Lipinski definition) is 6. The van der Waals surface area contributed by atoms with Crippen LogP contribution in [0.2, 0.25) is 5.02 Å². The van der Waals surface area contributed by atoms with Gasteiger partial charge in [0.15, 0.2) is 10.8 Å². The molecule has 0 aliphatic carbocycles. The van der Waals surface area contributed by atoms with Gasteiger partial charge in [-0.05, 0) is 31.7 Å². The van der Waals surface area contributed by atoms with Crippen molar-refractivity contribution >= 4 is 46.1 Å². The number of halogens is 2. The lowest BCUT2D eigenvalue weighted by molar-refractivity contribution is -0.120. The second kappa shape index (κ2) is 10.1. The summed E-state index contributed by atoms with van der Waals surface area (Å²) in [4.78, 5) is 21.4. The van der Waals surface area contributed by atoms with E-state index in [0.29, 0.717) is 23.9 Å². The Morgan fingerprint density at radius 3 is 2.83 bits per heavy atom. The third-order valence-electron chi connectivity index (χ3n) is 4.22. The maximum Gasteiger partial charge on any atom is 0.224 e. The van der Waals surface area contributed by atoms with Gasteiger partial charge in [0.05, 0.1) is 24.5 Å². The highest BCUT2D eigenvalue weighted by atomic mass is 35.5. The second-order valence-electron chi connectivity index (χ2n) is 6.92. The molecular weight excluding hydrogens is 427 g/mol. The van der Waals surface area contributed by atoms with Gasteiger partial charge in [0.25, 0.3) is 0 Å². The van der Waals surface area contributed by atoms with Crippen LogP contribution in [0.1, 0.15) is 26.3 Å². The van der Waals surface area contributed by atoms with Crippen molar-refractivity contribution < 1.29 is 9.18 Å². The molecule has 0 radical (unpaired) electrons. The Balaban J connectivity index is 1.70. The molecule has 3 aromatic rings. The molecule has 0 fully saturated rings. The molecule has 0 bridgehead atoms. The van der Waals surface area contributed by atoms with Crippen LogP contribution in [0.25, 0.3) is 11.0 Å². The van der Waals surface area contributed by atoms with Crippen molar-refractivity contribution in [2.75, 3.05) is 17.6 Å². The first-order valence-corrected chi connectivity index (χ1v) is 11.1. The van der Waals surface area contributed by atoms with Crippen molar-refractivity contribution in [3.8, 4) is 0 Å². The molecule has 2 aromatic heterocycles. The zero-order chi connectivity index (χ0) is 21.7. The van der Waals surface area contributed by atoms with E-state index in [1.165, 1.54) is 12.1 Å². The highest BCUT2D eigenvalue weighted by Crippen LogP contribution is 2.25. The Labute approximate surface area is 183 Å². The quantitative estimate of drug-likeness (QED) is 0.380. The van der Waals surface area contributed by atoms with E-state index in [2.05, 4.69) is 25.7 Å². The third-order valence-corrected chi connectivity index (χ3v) is 5.30. The van der Waals surface area contributed by atoms with Crippen molar-refractivity contribution in [1.82, 2.24) is 25.1 Å². The summed E-state index contributed by atoms with van der Waals surface area (Å²) in [5, 5.41) is 12.3. The number of nitrogens with one attached hydrogen (secondary N) is 2. The molecule has 0 aliphatic rings. The second-order valence-corrected chi connectivity index (χ2v) is 8.56. The van der Waals surface area contributed by atoms with Crippen molar-refractivity contribution in [2.45, 2.75) is 44.9 Å². The van der Waals surface area contributed by atoms with Crippen LogP contribution in [-0.4, -0.2) is 44.0 Å². The summed E-state index contributed by atoms with van der Waals surface area (Å²) in [5.74, 6) is 0.807. The summed E-state index contributed by atoms with van der Waals surface area (Å²) in [6.45, 7) is 6.89. The van der Waals surface area contributed by atoms with Crippen LogP contribution in [0.4, 0.5) is 10.2 Å². The lowest BCUT2D eigenvalue weighted by Crippen LogP contribution is -2.29. The summed E-state index contributed by atoms with van der Waals surface area (Å²) < 4.78 is 15.6. The Bertz CT molecular complexity index is 1020. The van der Waals surface area contributed by atoms with E-state index < -0.39 is 5.82 Å². The lowest BCUT2D eigenvalue weighted by Gasteiger charge is -2.12. The molecule has 0 aliphatic heterocycles. The van der Waals surface area contributed by atoms with Gasteiger partial charge in [0, 0.05) is 23.2 Å². The fourth-order valence-corrected chi connectivity index (χ4v) is 3.70. The van der Waals surface area contributed by atoms with Gasteiger partial charge in [-0.1, -0.05) is 36.4 Å². The first-order chi connectivity index (χ1) is 14.4. The minimum absolute atomic E-state index is 0.118. The van der Waals surface area contributed by atoms with Crippen LogP contribution in [0.3, 0.4) is 0 Å². The predicted octanol–water partition coefficient (Wildman–Crippen LogP) is 3.91. The summed E-state index contributed by atoms with van der Waals surface area (Å²) >= 11 is 7.54. The van der Waals surface area contributed by atoms with Gasteiger partial charge < -0.3 is 10.6 Å². The van der Waals surface area contributed by atoms with Crippen LogP contribution in [-0.2, 0) is 17.8 Å². The average Bonchev–Trinajstić information content (AvgIpc) is 3.08. The van der Waals surface area contributed by atoms with E-state index in [9.17, 15) is 9.18 Å². The largest absolute Gasteiger partial charge is 0.367 e. The molecule has 0 atom stereocenters. The third kappa shape index (κ3) is 5.40. The fraction of sp³-hybridized carbons (Fsp3) is 0.400. The maximum atomic E-state index is 13.9. The van der Waals surface area contributed by atoms with Gasteiger partial charge >= 0.3 is 0 Å². The molecule has 1 aromatic carbocycles. The minimum Gasteiger partial charge on any atom is -0.367 e. The van der Waals surface area contributed by atoms with Crippen LogP contribution in [0.5, 0.6) is 0 Å². The summed E-state index contributed by atoms with van der Waals surface area (Å²) in [6.07, 6.45) is 1.61. The molecule has 0 unspecified atom stereocenters. The number of nitrogens with zero attached hydrogens (tertiary/aromatic N) is 4. The van der Waals surface area contributed by atoms with Gasteiger partial charge in [-0.2, -0.15) is 5.10 Å². The van der Waals surface area contributed by atoms with Gasteiger partial charge in [0.2, 0.25) is 5.91 Å². The van der Waals surface area contributed by atoms with E-state index in [1.54, 1.807) is 28.7 Å². The van der Waals surface area contributed by atoms with Crippen LogP contribution < -0.4 is 10.6 Å². The van der Waals surface area contributed by atoms with E-state index in [1.807, 2.05) is 20.8 Å². The molecule has 2 N–H and O–H groups in total. The van der Waals surface area contributed by atoms with E-state index in [0.717, 1.165) is 17.0 Å². The number of benzene rings is 1. The molecular formula is C20H24ClFN6OS. The normalized spacial score (nSPS) is 11.3. The summed E-state index contributed by atoms with van der Waals surface area (Å²) in [7, 11) is 0. The molecule has 0 saturated heterocycles. The average molecular weight is 451 g/mol. The number of carbonyl (C=O) groups is 1. The molecule has 30 heavy (non-hydrogen) atoms. The van der Waals surface area contributed by atoms with Gasteiger partial charge in [-0.15, -0.1) is 0 Å². The Morgan fingerprint density at radius 2 is 2.13 bits per heavy atom. The molecule has 1 amide bonds. The monoisotopic (exact) mass is 450 g/mol. The Hall–Kier alpha value is -2.39. The molecule has 2 heterocycles. The highest BCUT2D eigenvalue weighted by Gasteiger charge is 2.15. The molecule has 7 nitrogen and oxygen atoms in total. The van der Waals surface area contributed by atoms with E-state index >= 15 is 0 Å². The fourth-order valence-electron chi connectivity index (χ4n) is 2.90. The number of aromatic nitrogens is 4. The van der Waals surface area contributed by atoms with Crippen molar-refractivity contribution in [2.24, 2.45) is 0 Å². The number of thioether (sulfide) groups is 1. The maximum absolute atomic E-state index is 13.9. The van der Waals surface area contributed by atoms with E-state index in [4.69, 9.17) is 11.6 Å².